The molecule has 0 spiro atoms. The Morgan fingerprint density at radius 2 is 1.46 bits per heavy atom. The average Bonchev–Trinajstić information content (AvgIpc) is 2.71. The van der Waals surface area contributed by atoms with Gasteiger partial charge in [0.05, 0.1) is 13.2 Å². The van der Waals surface area contributed by atoms with Gasteiger partial charge in [-0.25, -0.2) is 0 Å². The lowest BCUT2D eigenvalue weighted by Gasteiger charge is -2.09. The maximum atomic E-state index is 9.27. The first-order valence-corrected chi connectivity index (χ1v) is 5.02. The van der Waals surface area contributed by atoms with Gasteiger partial charge in [-0.05, 0) is 24.7 Å². The van der Waals surface area contributed by atoms with Gasteiger partial charge in [-0.2, -0.15) is 0 Å². The van der Waals surface area contributed by atoms with E-state index in [4.69, 9.17) is 0 Å². The lowest BCUT2D eigenvalue weighted by Crippen LogP contribution is -2.16. The first-order chi connectivity index (χ1) is 6.35. The van der Waals surface area contributed by atoms with E-state index in [2.05, 4.69) is 11.8 Å². The van der Waals surface area contributed by atoms with Crippen LogP contribution in [0.15, 0.2) is 0 Å². The van der Waals surface area contributed by atoms with Gasteiger partial charge in [-0.15, -0.1) is 11.8 Å². The summed E-state index contributed by atoms with van der Waals surface area (Å²) in [5, 5.41) is 18.5. The van der Waals surface area contributed by atoms with Crippen molar-refractivity contribution in [3.8, 4) is 11.8 Å². The van der Waals surface area contributed by atoms with E-state index in [1.165, 1.54) is 0 Å². The number of aliphatic hydroxyl groups is 2. The molecule has 0 radical (unpaired) electrons. The molecule has 0 aromatic rings. The van der Waals surface area contributed by atoms with Crippen molar-refractivity contribution in [3.05, 3.63) is 0 Å². The van der Waals surface area contributed by atoms with Crippen molar-refractivity contribution in [3.63, 3.8) is 0 Å². The Kier molecular flexibility index (Phi) is 2.31. The van der Waals surface area contributed by atoms with Crippen LogP contribution < -0.4 is 0 Å². The maximum Gasteiger partial charge on any atom is 0.0514 e. The molecule has 2 aliphatic rings. The second-order valence-corrected chi connectivity index (χ2v) is 4.19. The highest BCUT2D eigenvalue weighted by Gasteiger charge is 2.62. The third kappa shape index (κ3) is 1.27. The summed E-state index contributed by atoms with van der Waals surface area (Å²) in [5.41, 5.74) is -0.159. The van der Waals surface area contributed by atoms with E-state index >= 15 is 0 Å². The summed E-state index contributed by atoms with van der Waals surface area (Å²) < 4.78 is 0. The molecule has 2 atom stereocenters. The minimum atomic E-state index is -0.159. The summed E-state index contributed by atoms with van der Waals surface area (Å²) in [4.78, 5) is 0. The van der Waals surface area contributed by atoms with Crippen molar-refractivity contribution < 1.29 is 10.2 Å². The Balaban J connectivity index is 2.06. The molecule has 2 aliphatic carbocycles. The number of hydrogen-bond acceptors (Lipinski definition) is 2. The Bertz CT molecular complexity index is 225. The summed E-state index contributed by atoms with van der Waals surface area (Å²) in [6.45, 7) is 0.275. The van der Waals surface area contributed by atoms with E-state index in [1.807, 2.05) is 0 Å². The van der Waals surface area contributed by atoms with Crippen molar-refractivity contribution in [1.29, 1.82) is 0 Å². The molecule has 0 amide bonds. The fourth-order valence-corrected chi connectivity index (χ4v) is 2.80. The topological polar surface area (TPSA) is 40.5 Å². The molecule has 0 bridgehead atoms. The lowest BCUT2D eigenvalue weighted by atomic mass is 10.0. The molecule has 2 unspecified atom stereocenters. The van der Waals surface area contributed by atoms with E-state index in [9.17, 15) is 10.2 Å². The molecular formula is C11H16O2. The van der Waals surface area contributed by atoms with Crippen LogP contribution >= 0.6 is 0 Å². The van der Waals surface area contributed by atoms with Crippen LogP contribution in [-0.4, -0.2) is 23.4 Å². The van der Waals surface area contributed by atoms with Crippen molar-refractivity contribution in [2.45, 2.75) is 25.7 Å². The normalized spacial score (nSPS) is 34.9. The smallest absolute Gasteiger partial charge is 0.0514 e. The predicted molar refractivity (Wildman–Crippen MR) is 49.8 cm³/mol. The molecular weight excluding hydrogens is 164 g/mol. The van der Waals surface area contributed by atoms with Crippen LogP contribution in [0.25, 0.3) is 0 Å². The van der Waals surface area contributed by atoms with Gasteiger partial charge in [-0.3, -0.25) is 0 Å². The quantitative estimate of drug-likeness (QED) is 0.616. The molecule has 0 aromatic heterocycles. The highest BCUT2D eigenvalue weighted by molar-refractivity contribution is 5.14. The highest BCUT2D eigenvalue weighted by atomic mass is 16.3. The van der Waals surface area contributed by atoms with Crippen LogP contribution in [0.1, 0.15) is 25.7 Å². The molecule has 2 rings (SSSR count). The Hall–Kier alpha value is -0.520. The maximum absolute atomic E-state index is 9.27. The monoisotopic (exact) mass is 180 g/mol. The minimum absolute atomic E-state index is 0.138. The van der Waals surface area contributed by atoms with Crippen LogP contribution in [0.3, 0.4) is 0 Å². The first kappa shape index (κ1) is 9.05. The van der Waals surface area contributed by atoms with Gasteiger partial charge < -0.3 is 10.2 Å². The van der Waals surface area contributed by atoms with E-state index in [1.54, 1.807) is 0 Å². The molecule has 2 N–H and O–H groups in total. The van der Waals surface area contributed by atoms with E-state index in [-0.39, 0.29) is 18.6 Å². The van der Waals surface area contributed by atoms with E-state index < -0.39 is 0 Å². The number of fused-ring (bicyclic) bond motifs is 1. The molecule has 2 heteroatoms. The molecule has 0 saturated heterocycles. The third-order valence-corrected chi connectivity index (χ3v) is 3.73. The molecule has 0 heterocycles. The summed E-state index contributed by atoms with van der Waals surface area (Å²) in [6.07, 6.45) is 3.98. The van der Waals surface area contributed by atoms with Gasteiger partial charge in [0.15, 0.2) is 0 Å². The van der Waals surface area contributed by atoms with Gasteiger partial charge in [0.1, 0.15) is 0 Å². The number of hydrogen-bond donors (Lipinski definition) is 2. The van der Waals surface area contributed by atoms with Crippen LogP contribution in [0.2, 0.25) is 0 Å². The Morgan fingerprint density at radius 3 is 1.85 bits per heavy atom. The standard InChI is InChI=1S/C11H16O2/c12-7-11(8-13)9-5-3-1-2-4-6-10(9)11/h9-10,12-13H,3-8H2. The Morgan fingerprint density at radius 1 is 1.00 bits per heavy atom. The van der Waals surface area contributed by atoms with Crippen molar-refractivity contribution in [2.75, 3.05) is 13.2 Å². The van der Waals surface area contributed by atoms with Crippen LogP contribution in [0.4, 0.5) is 0 Å². The zero-order chi connectivity index (χ0) is 9.31. The van der Waals surface area contributed by atoms with Crippen molar-refractivity contribution >= 4 is 0 Å². The van der Waals surface area contributed by atoms with Crippen LogP contribution in [0.5, 0.6) is 0 Å². The average molecular weight is 180 g/mol. The molecule has 1 saturated carbocycles. The molecule has 0 aliphatic heterocycles. The fraction of sp³-hybridized carbons (Fsp3) is 0.818. The zero-order valence-corrected chi connectivity index (χ0v) is 7.79. The van der Waals surface area contributed by atoms with Crippen molar-refractivity contribution in [2.24, 2.45) is 17.3 Å². The zero-order valence-electron chi connectivity index (χ0n) is 7.79. The minimum Gasteiger partial charge on any atom is -0.396 e. The summed E-state index contributed by atoms with van der Waals surface area (Å²) in [5.74, 6) is 7.28. The van der Waals surface area contributed by atoms with Crippen LogP contribution in [-0.2, 0) is 0 Å². The highest BCUT2D eigenvalue weighted by Crippen LogP contribution is 2.62. The fourth-order valence-electron chi connectivity index (χ4n) is 2.80. The van der Waals surface area contributed by atoms with Gasteiger partial charge in [0.25, 0.3) is 0 Å². The number of rotatable bonds is 2. The first-order valence-electron chi connectivity index (χ1n) is 5.02. The molecule has 72 valence electrons. The summed E-state index contributed by atoms with van der Waals surface area (Å²) in [6, 6.07) is 0. The molecule has 1 fully saturated rings. The van der Waals surface area contributed by atoms with Gasteiger partial charge in [-0.1, -0.05) is 0 Å². The summed E-state index contributed by atoms with van der Waals surface area (Å²) in [7, 11) is 0. The van der Waals surface area contributed by atoms with Gasteiger partial charge in [0, 0.05) is 18.3 Å². The van der Waals surface area contributed by atoms with Crippen LogP contribution in [0, 0.1) is 29.1 Å². The lowest BCUT2D eigenvalue weighted by molar-refractivity contribution is 0.111. The van der Waals surface area contributed by atoms with E-state index in [0.717, 1.165) is 25.7 Å². The third-order valence-electron chi connectivity index (χ3n) is 3.73. The summed E-state index contributed by atoms with van der Waals surface area (Å²) >= 11 is 0. The number of aliphatic hydroxyl groups excluding tert-OH is 2. The van der Waals surface area contributed by atoms with Gasteiger partial charge in [0.2, 0.25) is 0 Å². The SMILES string of the molecule is OCC1(CO)C2CCC#CCCC21. The van der Waals surface area contributed by atoms with Crippen molar-refractivity contribution in [1.82, 2.24) is 0 Å². The second-order valence-electron chi connectivity index (χ2n) is 4.19. The largest absolute Gasteiger partial charge is 0.396 e. The predicted octanol–water partition coefficient (Wildman–Crippen LogP) is 0.781. The van der Waals surface area contributed by atoms with Gasteiger partial charge >= 0.3 is 0 Å². The molecule has 13 heavy (non-hydrogen) atoms. The second kappa shape index (κ2) is 3.32. The Labute approximate surface area is 79.0 Å². The molecule has 2 nitrogen and oxygen atoms in total. The molecule has 0 aromatic carbocycles. The van der Waals surface area contributed by atoms with E-state index in [0.29, 0.717) is 11.8 Å².